The van der Waals surface area contributed by atoms with E-state index in [1.807, 2.05) is 24.3 Å². The highest BCUT2D eigenvalue weighted by atomic mass is 35.5. The first-order valence-corrected chi connectivity index (χ1v) is 11.0. The van der Waals surface area contributed by atoms with E-state index in [9.17, 15) is 14.4 Å². The summed E-state index contributed by atoms with van der Waals surface area (Å²) >= 11 is 6.03. The highest BCUT2D eigenvalue weighted by Gasteiger charge is 2.70. The molecule has 0 radical (unpaired) electrons. The van der Waals surface area contributed by atoms with Crippen LogP contribution in [0.5, 0.6) is 5.75 Å². The van der Waals surface area contributed by atoms with E-state index in [0.29, 0.717) is 16.5 Å². The van der Waals surface area contributed by atoms with E-state index in [1.54, 1.807) is 24.3 Å². The molecule has 162 valence electrons. The third-order valence-electron chi connectivity index (χ3n) is 7.19. The molecule has 0 aromatic heterocycles. The summed E-state index contributed by atoms with van der Waals surface area (Å²) in [5.74, 6) is -1.22. The van der Waals surface area contributed by atoms with Gasteiger partial charge in [-0.25, -0.2) is 0 Å². The number of imide groups is 1. The van der Waals surface area contributed by atoms with Gasteiger partial charge in [-0.3, -0.25) is 19.3 Å². The van der Waals surface area contributed by atoms with E-state index in [1.165, 1.54) is 11.8 Å². The van der Waals surface area contributed by atoms with Gasteiger partial charge in [0.25, 0.3) is 0 Å². The molecule has 2 heterocycles. The fourth-order valence-electron chi connectivity index (χ4n) is 6.07. The average molecular weight is 451 g/mol. The first-order chi connectivity index (χ1) is 15.4. The molecule has 2 bridgehead atoms. The van der Waals surface area contributed by atoms with Crippen molar-refractivity contribution in [1.82, 2.24) is 0 Å². The number of halogens is 1. The van der Waals surface area contributed by atoms with Gasteiger partial charge in [0.1, 0.15) is 11.9 Å². The van der Waals surface area contributed by atoms with E-state index in [0.717, 1.165) is 17.7 Å². The molecule has 6 atom stereocenters. The van der Waals surface area contributed by atoms with Crippen LogP contribution in [0.2, 0.25) is 5.02 Å². The molecule has 6 rings (SSSR count). The van der Waals surface area contributed by atoms with Crippen LogP contribution in [0.1, 0.15) is 18.9 Å². The number of ether oxygens (including phenoxy) is 1. The predicted octanol–water partition coefficient (Wildman–Crippen LogP) is 3.44. The number of hydrogen-bond acceptors (Lipinski definition) is 6. The van der Waals surface area contributed by atoms with Gasteiger partial charge in [0.15, 0.2) is 0 Å². The summed E-state index contributed by atoms with van der Waals surface area (Å²) in [5.41, 5.74) is 2.25. The zero-order valence-corrected chi connectivity index (χ0v) is 17.9. The average Bonchev–Trinajstić information content (AvgIpc) is 3.50. The fourth-order valence-corrected chi connectivity index (χ4v) is 6.19. The Morgan fingerprint density at radius 2 is 1.66 bits per heavy atom. The summed E-state index contributed by atoms with van der Waals surface area (Å²) in [6.07, 6.45) is 0.600. The maximum Gasteiger partial charge on any atom is 0.308 e. The normalized spacial score (nSPS) is 31.9. The molecular formula is C24H19ClN2O5. The van der Waals surface area contributed by atoms with Gasteiger partial charge < -0.3 is 9.57 Å². The Morgan fingerprint density at radius 3 is 2.31 bits per heavy atom. The number of fused-ring (bicyclic) bond motifs is 8. The Kier molecular flexibility index (Phi) is 4.21. The van der Waals surface area contributed by atoms with E-state index in [4.69, 9.17) is 21.2 Å². The van der Waals surface area contributed by atoms with Gasteiger partial charge in [0.2, 0.25) is 11.8 Å². The number of amides is 2. The standard InChI is InChI=1S/C24H19ClN2O5/c1-11(28)31-15-8-6-14(7-9-15)27-23(29)18-16-10-17(19(18)24(27)30)22-20(16)21(26-32-22)12-2-4-13(25)5-3-12/h2-9,16-20,22H,10H2,1H3/t16-,17-,18-,19-,20-,22+/m0/s1. The summed E-state index contributed by atoms with van der Waals surface area (Å²) in [6, 6.07) is 13.9. The third-order valence-corrected chi connectivity index (χ3v) is 7.44. The summed E-state index contributed by atoms with van der Waals surface area (Å²) in [4.78, 5) is 45.0. The van der Waals surface area contributed by atoms with E-state index in [-0.39, 0.29) is 47.5 Å². The molecule has 0 spiro atoms. The van der Waals surface area contributed by atoms with Crippen molar-refractivity contribution in [3.8, 4) is 5.75 Å². The van der Waals surface area contributed by atoms with Crippen molar-refractivity contribution in [3.63, 3.8) is 0 Å². The molecule has 1 saturated heterocycles. The van der Waals surface area contributed by atoms with Crippen LogP contribution in [0.15, 0.2) is 53.7 Å². The van der Waals surface area contributed by atoms with Crippen molar-refractivity contribution in [2.75, 3.05) is 4.90 Å². The lowest BCUT2D eigenvalue weighted by atomic mass is 9.71. The van der Waals surface area contributed by atoms with Crippen molar-refractivity contribution in [2.45, 2.75) is 19.4 Å². The summed E-state index contributed by atoms with van der Waals surface area (Å²) in [7, 11) is 0. The molecule has 7 nitrogen and oxygen atoms in total. The number of carbonyl (C=O) groups is 3. The van der Waals surface area contributed by atoms with Crippen LogP contribution in [-0.2, 0) is 19.2 Å². The number of hydrogen-bond donors (Lipinski definition) is 0. The lowest BCUT2D eigenvalue weighted by Gasteiger charge is -2.29. The third kappa shape index (κ3) is 2.67. The number of esters is 1. The van der Waals surface area contributed by atoms with E-state index >= 15 is 0 Å². The highest BCUT2D eigenvalue weighted by Crippen LogP contribution is 2.62. The van der Waals surface area contributed by atoms with Crippen molar-refractivity contribution in [2.24, 2.45) is 34.7 Å². The van der Waals surface area contributed by atoms with Gasteiger partial charge in [-0.15, -0.1) is 0 Å². The van der Waals surface area contributed by atoms with Crippen molar-refractivity contribution >= 4 is 40.8 Å². The molecule has 2 aromatic rings. The second-order valence-electron chi connectivity index (χ2n) is 8.79. The number of oxime groups is 1. The minimum Gasteiger partial charge on any atom is -0.427 e. The Morgan fingerprint density at radius 1 is 1.00 bits per heavy atom. The molecule has 2 aromatic carbocycles. The zero-order valence-electron chi connectivity index (χ0n) is 17.1. The van der Waals surface area contributed by atoms with Crippen LogP contribution >= 0.6 is 11.6 Å². The number of rotatable bonds is 3. The molecule has 2 saturated carbocycles. The maximum atomic E-state index is 13.4. The topological polar surface area (TPSA) is 85.3 Å². The molecule has 32 heavy (non-hydrogen) atoms. The SMILES string of the molecule is CC(=O)Oc1ccc(N2C(=O)[C@H]3[C@@H]4C[C@H]([C@H]5C(c6ccc(Cl)cc6)=NO[C@H]45)[C@@H]3C2=O)cc1. The van der Waals surface area contributed by atoms with Gasteiger partial charge in [0, 0.05) is 23.8 Å². The lowest BCUT2D eigenvalue weighted by Crippen LogP contribution is -2.41. The molecule has 0 N–H and O–H groups in total. The molecule has 4 aliphatic rings. The van der Waals surface area contributed by atoms with Gasteiger partial charge in [-0.2, -0.15) is 0 Å². The zero-order chi connectivity index (χ0) is 22.1. The quantitative estimate of drug-likeness (QED) is 0.406. The first-order valence-electron chi connectivity index (χ1n) is 10.6. The second-order valence-corrected chi connectivity index (χ2v) is 9.23. The van der Waals surface area contributed by atoms with Crippen molar-refractivity contribution < 1.29 is 24.0 Å². The maximum absolute atomic E-state index is 13.4. The largest absolute Gasteiger partial charge is 0.427 e. The monoisotopic (exact) mass is 450 g/mol. The van der Waals surface area contributed by atoms with E-state index < -0.39 is 5.97 Å². The first kappa shape index (κ1) is 19.5. The van der Waals surface area contributed by atoms with Crippen LogP contribution in [0.25, 0.3) is 0 Å². The van der Waals surface area contributed by atoms with Crippen molar-refractivity contribution in [1.29, 1.82) is 0 Å². The highest BCUT2D eigenvalue weighted by molar-refractivity contribution is 6.30. The number of anilines is 1. The Balaban J connectivity index is 1.29. The lowest BCUT2D eigenvalue weighted by molar-refractivity contribution is -0.132. The summed E-state index contributed by atoms with van der Waals surface area (Å²) in [6.45, 7) is 1.32. The molecule has 2 amide bonds. The molecule has 2 aliphatic heterocycles. The number of nitrogens with zero attached hydrogens (tertiary/aromatic N) is 2. The van der Waals surface area contributed by atoms with Crippen LogP contribution in [-0.4, -0.2) is 29.6 Å². The second kappa shape index (κ2) is 6.90. The Hall–Kier alpha value is -3.19. The molecule has 3 fully saturated rings. The van der Waals surface area contributed by atoms with Crippen molar-refractivity contribution in [3.05, 3.63) is 59.1 Å². The van der Waals surface area contributed by atoms with Crippen LogP contribution < -0.4 is 9.64 Å². The van der Waals surface area contributed by atoms with Gasteiger partial charge >= 0.3 is 5.97 Å². The van der Waals surface area contributed by atoms with Crippen LogP contribution in [0, 0.1) is 29.6 Å². The van der Waals surface area contributed by atoms with Gasteiger partial charge in [-0.1, -0.05) is 28.9 Å². The number of carbonyl (C=O) groups excluding carboxylic acids is 3. The molecule has 0 unspecified atom stereocenters. The Bertz CT molecular complexity index is 1180. The van der Waals surface area contributed by atoms with Crippen LogP contribution in [0.3, 0.4) is 0 Å². The smallest absolute Gasteiger partial charge is 0.308 e. The van der Waals surface area contributed by atoms with Gasteiger partial charge in [-0.05, 0) is 54.3 Å². The summed E-state index contributed by atoms with van der Waals surface area (Å²) < 4.78 is 5.05. The molecule has 8 heteroatoms. The predicted molar refractivity (Wildman–Crippen MR) is 115 cm³/mol. The molecule has 2 aliphatic carbocycles. The fraction of sp³-hybridized carbons (Fsp3) is 0.333. The van der Waals surface area contributed by atoms with Gasteiger partial charge in [0.05, 0.1) is 23.2 Å². The van der Waals surface area contributed by atoms with E-state index in [2.05, 4.69) is 5.16 Å². The van der Waals surface area contributed by atoms with Crippen LogP contribution in [0.4, 0.5) is 5.69 Å². The number of benzene rings is 2. The minimum atomic E-state index is -0.429. The minimum absolute atomic E-state index is 0.00805. The Labute approximate surface area is 188 Å². The summed E-state index contributed by atoms with van der Waals surface area (Å²) in [5, 5.41) is 4.99. The molecular weight excluding hydrogens is 432 g/mol.